The van der Waals surface area contributed by atoms with Gasteiger partial charge in [-0.3, -0.25) is 0 Å². The van der Waals surface area contributed by atoms with Crippen molar-refractivity contribution in [2.45, 2.75) is 18.9 Å². The monoisotopic (exact) mass is 223 g/mol. The van der Waals surface area contributed by atoms with Gasteiger partial charge in [0, 0.05) is 25.3 Å². The molecule has 0 aliphatic carbocycles. The maximum absolute atomic E-state index is 10.7. The van der Waals surface area contributed by atoms with E-state index in [2.05, 4.69) is 15.3 Å². The van der Waals surface area contributed by atoms with Gasteiger partial charge in [0.15, 0.2) is 5.69 Å². The lowest BCUT2D eigenvalue weighted by Gasteiger charge is -2.23. The first kappa shape index (κ1) is 10.8. The zero-order valence-corrected chi connectivity index (χ0v) is 8.72. The molecule has 0 unspecified atom stereocenters. The highest BCUT2D eigenvalue weighted by Crippen LogP contribution is 2.13. The number of aromatic nitrogens is 2. The van der Waals surface area contributed by atoms with E-state index in [9.17, 15) is 4.79 Å². The first-order chi connectivity index (χ1) is 7.75. The van der Waals surface area contributed by atoms with Crippen LogP contribution in [0.2, 0.25) is 0 Å². The molecule has 2 N–H and O–H groups in total. The molecule has 0 aromatic carbocycles. The number of nitrogens with one attached hydrogen (secondary N) is 1. The maximum Gasteiger partial charge on any atom is 0.354 e. The van der Waals surface area contributed by atoms with Crippen molar-refractivity contribution in [2.75, 3.05) is 18.5 Å². The van der Waals surface area contributed by atoms with Crippen LogP contribution < -0.4 is 5.32 Å². The van der Waals surface area contributed by atoms with Crippen LogP contribution in [0.4, 0.5) is 5.82 Å². The van der Waals surface area contributed by atoms with E-state index in [0.29, 0.717) is 11.9 Å². The third kappa shape index (κ3) is 2.66. The molecular formula is C10H13N3O3. The topological polar surface area (TPSA) is 84.3 Å². The fraction of sp³-hybridized carbons (Fsp3) is 0.500. The Kier molecular flexibility index (Phi) is 3.31. The first-order valence-corrected chi connectivity index (χ1v) is 5.15. The lowest BCUT2D eigenvalue weighted by molar-refractivity contribution is 0.0690. The van der Waals surface area contributed by atoms with Gasteiger partial charge in [0.05, 0.1) is 0 Å². The van der Waals surface area contributed by atoms with Gasteiger partial charge in [-0.15, -0.1) is 0 Å². The number of carbonyl (C=O) groups is 1. The zero-order valence-electron chi connectivity index (χ0n) is 8.72. The third-order valence-corrected chi connectivity index (χ3v) is 2.46. The van der Waals surface area contributed by atoms with Crippen LogP contribution in [0.3, 0.4) is 0 Å². The highest BCUT2D eigenvalue weighted by molar-refractivity contribution is 5.85. The van der Waals surface area contributed by atoms with E-state index in [4.69, 9.17) is 9.84 Å². The summed E-state index contributed by atoms with van der Waals surface area (Å²) in [6, 6.07) is 1.74. The number of aromatic carboxylic acids is 1. The quantitative estimate of drug-likeness (QED) is 0.787. The van der Waals surface area contributed by atoms with E-state index in [0.717, 1.165) is 26.1 Å². The summed E-state index contributed by atoms with van der Waals surface area (Å²) in [5, 5.41) is 12.0. The van der Waals surface area contributed by atoms with Crippen molar-refractivity contribution in [3.05, 3.63) is 18.1 Å². The fourth-order valence-corrected chi connectivity index (χ4v) is 1.60. The van der Waals surface area contributed by atoms with Crippen molar-refractivity contribution in [3.8, 4) is 0 Å². The Balaban J connectivity index is 2.02. The number of hydrogen-bond donors (Lipinski definition) is 2. The number of anilines is 1. The van der Waals surface area contributed by atoms with E-state index in [1.165, 1.54) is 12.4 Å². The van der Waals surface area contributed by atoms with Gasteiger partial charge in [-0.2, -0.15) is 0 Å². The van der Waals surface area contributed by atoms with Crippen molar-refractivity contribution in [2.24, 2.45) is 0 Å². The Bertz CT molecular complexity index is 377. The Hall–Kier alpha value is -1.69. The SMILES string of the molecule is O=C(O)c1cc(NC2CCOCC2)ncn1. The highest BCUT2D eigenvalue weighted by Gasteiger charge is 2.14. The third-order valence-electron chi connectivity index (χ3n) is 2.46. The first-order valence-electron chi connectivity index (χ1n) is 5.15. The number of hydrogen-bond acceptors (Lipinski definition) is 5. The van der Waals surface area contributed by atoms with Gasteiger partial charge in [-0.25, -0.2) is 14.8 Å². The van der Waals surface area contributed by atoms with Crippen LogP contribution in [0.15, 0.2) is 12.4 Å². The Morgan fingerprint density at radius 3 is 2.88 bits per heavy atom. The Morgan fingerprint density at radius 1 is 1.44 bits per heavy atom. The van der Waals surface area contributed by atoms with Gasteiger partial charge in [-0.05, 0) is 12.8 Å². The van der Waals surface area contributed by atoms with Crippen molar-refractivity contribution in [1.29, 1.82) is 0 Å². The van der Waals surface area contributed by atoms with Gasteiger partial charge in [0.2, 0.25) is 0 Å². The van der Waals surface area contributed by atoms with Gasteiger partial charge in [0.25, 0.3) is 0 Å². The van der Waals surface area contributed by atoms with Crippen molar-refractivity contribution >= 4 is 11.8 Å². The second-order valence-corrected chi connectivity index (χ2v) is 3.62. The molecule has 1 aliphatic heterocycles. The summed E-state index contributed by atoms with van der Waals surface area (Å²) in [4.78, 5) is 18.4. The van der Waals surface area contributed by atoms with Crippen molar-refractivity contribution in [1.82, 2.24) is 9.97 Å². The van der Waals surface area contributed by atoms with Gasteiger partial charge >= 0.3 is 5.97 Å². The molecule has 6 heteroatoms. The van der Waals surface area contributed by atoms with Crippen LogP contribution in [0.5, 0.6) is 0 Å². The number of rotatable bonds is 3. The second kappa shape index (κ2) is 4.89. The predicted molar refractivity (Wildman–Crippen MR) is 56.5 cm³/mol. The van der Waals surface area contributed by atoms with Crippen LogP contribution >= 0.6 is 0 Å². The van der Waals surface area contributed by atoms with Gasteiger partial charge < -0.3 is 15.2 Å². The van der Waals surface area contributed by atoms with Crippen LogP contribution in [-0.2, 0) is 4.74 Å². The fourth-order valence-electron chi connectivity index (χ4n) is 1.60. The van der Waals surface area contributed by atoms with Crippen LogP contribution in [0, 0.1) is 0 Å². The van der Waals surface area contributed by atoms with E-state index in [-0.39, 0.29) is 5.69 Å². The van der Waals surface area contributed by atoms with Crippen molar-refractivity contribution < 1.29 is 14.6 Å². The number of nitrogens with zero attached hydrogens (tertiary/aromatic N) is 2. The molecule has 0 amide bonds. The normalized spacial score (nSPS) is 17.0. The van der Waals surface area contributed by atoms with E-state index in [1.54, 1.807) is 0 Å². The molecule has 16 heavy (non-hydrogen) atoms. The smallest absolute Gasteiger partial charge is 0.354 e. The van der Waals surface area contributed by atoms with Crippen molar-refractivity contribution in [3.63, 3.8) is 0 Å². The predicted octanol–water partition coefficient (Wildman–Crippen LogP) is 0.766. The van der Waals surface area contributed by atoms with Gasteiger partial charge in [-0.1, -0.05) is 0 Å². The number of carboxylic acids is 1. The van der Waals surface area contributed by atoms with Crippen LogP contribution in [0.25, 0.3) is 0 Å². The summed E-state index contributed by atoms with van der Waals surface area (Å²) in [5.41, 5.74) is 0.00422. The molecule has 0 atom stereocenters. The summed E-state index contributed by atoms with van der Waals surface area (Å²) in [7, 11) is 0. The molecule has 0 spiro atoms. The molecule has 1 saturated heterocycles. The standard InChI is InChI=1S/C10H13N3O3/c14-10(15)8-5-9(12-6-11-8)13-7-1-3-16-4-2-7/h5-7H,1-4H2,(H,14,15)(H,11,12,13). The maximum atomic E-state index is 10.7. The Morgan fingerprint density at radius 2 is 2.19 bits per heavy atom. The average Bonchev–Trinajstić information content (AvgIpc) is 2.30. The van der Waals surface area contributed by atoms with Gasteiger partial charge in [0.1, 0.15) is 12.1 Å². The molecule has 1 fully saturated rings. The molecular weight excluding hydrogens is 210 g/mol. The minimum atomic E-state index is -1.04. The minimum absolute atomic E-state index is 0.00422. The summed E-state index contributed by atoms with van der Waals surface area (Å²) in [6.07, 6.45) is 3.07. The molecule has 1 aromatic heterocycles. The molecule has 2 rings (SSSR count). The largest absolute Gasteiger partial charge is 0.477 e. The van der Waals surface area contributed by atoms with Crippen LogP contribution in [0.1, 0.15) is 23.3 Å². The minimum Gasteiger partial charge on any atom is -0.477 e. The molecule has 1 aliphatic rings. The number of ether oxygens (including phenoxy) is 1. The zero-order chi connectivity index (χ0) is 11.4. The average molecular weight is 223 g/mol. The van der Waals surface area contributed by atoms with E-state index >= 15 is 0 Å². The summed E-state index contributed by atoms with van der Waals surface area (Å²) >= 11 is 0. The molecule has 1 aromatic rings. The lowest BCUT2D eigenvalue weighted by Crippen LogP contribution is -2.28. The summed E-state index contributed by atoms with van der Waals surface area (Å²) in [5.74, 6) is -0.489. The molecule has 0 radical (unpaired) electrons. The van der Waals surface area contributed by atoms with Crippen LogP contribution in [-0.4, -0.2) is 40.3 Å². The van der Waals surface area contributed by atoms with E-state index in [1.807, 2.05) is 0 Å². The molecule has 2 heterocycles. The summed E-state index contributed by atoms with van der Waals surface area (Å²) in [6.45, 7) is 1.46. The molecule has 0 saturated carbocycles. The Labute approximate surface area is 92.7 Å². The lowest BCUT2D eigenvalue weighted by atomic mass is 10.1. The highest BCUT2D eigenvalue weighted by atomic mass is 16.5. The number of carboxylic acid groups (broad SMARTS) is 1. The molecule has 86 valence electrons. The van der Waals surface area contributed by atoms with E-state index < -0.39 is 5.97 Å². The molecule has 6 nitrogen and oxygen atoms in total. The second-order valence-electron chi connectivity index (χ2n) is 3.62. The molecule has 0 bridgehead atoms. The summed E-state index contributed by atoms with van der Waals surface area (Å²) < 4.78 is 5.23.